The van der Waals surface area contributed by atoms with Gasteiger partial charge in [0.2, 0.25) is 0 Å². The Labute approximate surface area is 162 Å². The normalized spacial score (nSPS) is 10.1. The molecule has 5 heteroatoms. The first-order chi connectivity index (χ1) is 13.0. The average Bonchev–Trinajstić information content (AvgIpc) is 3.16. The maximum Gasteiger partial charge on any atom is 0.261 e. The summed E-state index contributed by atoms with van der Waals surface area (Å²) < 4.78 is 0. The van der Waals surface area contributed by atoms with Crippen molar-refractivity contribution in [1.82, 2.24) is 0 Å². The highest BCUT2D eigenvalue weighted by Crippen LogP contribution is 2.17. The van der Waals surface area contributed by atoms with Gasteiger partial charge in [0.15, 0.2) is 0 Å². The van der Waals surface area contributed by atoms with E-state index < -0.39 is 11.8 Å². The Morgan fingerprint density at radius 3 is 1.67 bits per heavy atom. The first kappa shape index (κ1) is 18.6. The third-order valence-corrected chi connectivity index (χ3v) is 4.66. The molecule has 0 aliphatic heterocycles. The lowest BCUT2D eigenvalue weighted by atomic mass is 10.1. The maximum atomic E-state index is 12.8. The van der Waals surface area contributed by atoms with Crippen LogP contribution in [0.2, 0.25) is 0 Å². The van der Waals surface area contributed by atoms with Gasteiger partial charge in [-0.05, 0) is 66.6 Å². The first-order valence-corrected chi connectivity index (χ1v) is 9.45. The van der Waals surface area contributed by atoms with Gasteiger partial charge in [0.25, 0.3) is 11.8 Å². The lowest BCUT2D eigenvalue weighted by molar-refractivity contribution is -0.118. The summed E-state index contributed by atoms with van der Waals surface area (Å²) in [5, 5.41) is 9.37. The van der Waals surface area contributed by atoms with Gasteiger partial charge >= 0.3 is 0 Å². The van der Waals surface area contributed by atoms with Crippen molar-refractivity contribution in [2.45, 2.75) is 13.8 Å². The molecular weight excluding hydrogens is 356 g/mol. The zero-order valence-electron chi connectivity index (χ0n) is 15.2. The van der Waals surface area contributed by atoms with Gasteiger partial charge in [-0.15, -0.1) is 0 Å². The molecule has 136 valence electrons. The number of benzene rings is 2. The van der Waals surface area contributed by atoms with Crippen LogP contribution in [0.1, 0.15) is 16.7 Å². The number of amides is 2. The van der Waals surface area contributed by atoms with E-state index in [2.05, 4.69) is 10.6 Å². The van der Waals surface area contributed by atoms with Crippen molar-refractivity contribution >= 4 is 40.6 Å². The van der Waals surface area contributed by atoms with Crippen molar-refractivity contribution in [3.63, 3.8) is 0 Å². The van der Waals surface area contributed by atoms with Gasteiger partial charge in [0.05, 0.1) is 0 Å². The summed E-state index contributed by atoms with van der Waals surface area (Å²) >= 11 is 1.51. The average molecular weight is 376 g/mol. The maximum absolute atomic E-state index is 12.8. The Morgan fingerprint density at radius 2 is 1.26 bits per heavy atom. The number of rotatable bonds is 5. The Balaban J connectivity index is 1.83. The topological polar surface area (TPSA) is 58.2 Å². The SMILES string of the molecule is Cc1ccc(NC(=O)C(=Cc2ccsc2)C(=O)Nc2ccc(C)cc2)cc1. The van der Waals surface area contributed by atoms with E-state index >= 15 is 0 Å². The summed E-state index contributed by atoms with van der Waals surface area (Å²) in [6.45, 7) is 3.95. The van der Waals surface area contributed by atoms with Crippen LogP contribution in [0.25, 0.3) is 6.08 Å². The standard InChI is InChI=1S/C22H20N2O2S/c1-15-3-7-18(8-4-15)23-21(25)20(13-17-11-12-27-14-17)22(26)24-19-9-5-16(2)6-10-19/h3-14H,1-2H3,(H,23,25)(H,24,26). The van der Waals surface area contributed by atoms with Crippen molar-refractivity contribution < 1.29 is 9.59 Å². The third-order valence-electron chi connectivity index (χ3n) is 3.96. The number of thiophene rings is 1. The number of hydrogen-bond donors (Lipinski definition) is 2. The molecule has 1 aromatic heterocycles. The molecule has 3 rings (SSSR count). The highest BCUT2D eigenvalue weighted by molar-refractivity contribution is 7.08. The highest BCUT2D eigenvalue weighted by atomic mass is 32.1. The predicted octanol–water partition coefficient (Wildman–Crippen LogP) is 5.03. The van der Waals surface area contributed by atoms with E-state index in [9.17, 15) is 9.59 Å². The smallest absolute Gasteiger partial charge is 0.261 e. The molecule has 2 aromatic carbocycles. The molecule has 0 unspecified atom stereocenters. The molecule has 0 fully saturated rings. The highest BCUT2D eigenvalue weighted by Gasteiger charge is 2.19. The van der Waals surface area contributed by atoms with Crippen molar-refractivity contribution in [3.8, 4) is 0 Å². The molecule has 2 amide bonds. The summed E-state index contributed by atoms with van der Waals surface area (Å²) in [6, 6.07) is 16.7. The van der Waals surface area contributed by atoms with Crippen LogP contribution < -0.4 is 10.6 Å². The lowest BCUT2D eigenvalue weighted by Gasteiger charge is -2.10. The molecule has 3 aromatic rings. The molecular formula is C22H20N2O2S. The Bertz CT molecular complexity index is 895. The van der Waals surface area contributed by atoms with Crippen LogP contribution in [-0.4, -0.2) is 11.8 Å². The molecule has 0 aliphatic carbocycles. The van der Waals surface area contributed by atoms with E-state index in [-0.39, 0.29) is 5.57 Å². The summed E-state index contributed by atoms with van der Waals surface area (Å²) in [4.78, 5) is 25.5. The number of nitrogens with one attached hydrogen (secondary N) is 2. The Hall–Kier alpha value is -3.18. The fourth-order valence-corrected chi connectivity index (χ4v) is 3.05. The van der Waals surface area contributed by atoms with Crippen molar-refractivity contribution in [2.24, 2.45) is 0 Å². The second-order valence-corrected chi connectivity index (χ2v) is 7.04. The molecule has 0 radical (unpaired) electrons. The molecule has 0 aliphatic rings. The molecule has 2 N–H and O–H groups in total. The minimum absolute atomic E-state index is 0.0505. The van der Waals surface area contributed by atoms with Crippen LogP contribution in [-0.2, 0) is 9.59 Å². The first-order valence-electron chi connectivity index (χ1n) is 8.51. The van der Waals surface area contributed by atoms with E-state index in [1.54, 1.807) is 6.08 Å². The lowest BCUT2D eigenvalue weighted by Crippen LogP contribution is -2.25. The van der Waals surface area contributed by atoms with Gasteiger partial charge in [-0.2, -0.15) is 11.3 Å². The van der Waals surface area contributed by atoms with Crippen LogP contribution in [0.4, 0.5) is 11.4 Å². The van der Waals surface area contributed by atoms with Crippen LogP contribution in [0.3, 0.4) is 0 Å². The van der Waals surface area contributed by atoms with Gasteiger partial charge in [0, 0.05) is 11.4 Å². The van der Waals surface area contributed by atoms with Crippen LogP contribution in [0.5, 0.6) is 0 Å². The summed E-state index contributed by atoms with van der Waals surface area (Å²) in [5.41, 5.74) is 4.34. The van der Waals surface area contributed by atoms with Crippen LogP contribution >= 0.6 is 11.3 Å². The molecule has 0 spiro atoms. The molecule has 0 atom stereocenters. The molecule has 1 heterocycles. The van der Waals surface area contributed by atoms with Gasteiger partial charge < -0.3 is 10.6 Å². The van der Waals surface area contributed by atoms with E-state index in [4.69, 9.17) is 0 Å². The fourth-order valence-electron chi connectivity index (χ4n) is 2.43. The van der Waals surface area contributed by atoms with Gasteiger partial charge in [-0.3, -0.25) is 9.59 Å². The Kier molecular flexibility index (Phi) is 5.84. The second-order valence-electron chi connectivity index (χ2n) is 6.25. The Morgan fingerprint density at radius 1 is 0.778 bits per heavy atom. The predicted molar refractivity (Wildman–Crippen MR) is 112 cm³/mol. The molecule has 0 saturated carbocycles. The van der Waals surface area contributed by atoms with Crippen LogP contribution in [0.15, 0.2) is 70.9 Å². The summed E-state index contributed by atoms with van der Waals surface area (Å²) in [7, 11) is 0. The van der Waals surface area contributed by atoms with E-state index in [1.807, 2.05) is 79.2 Å². The number of carbonyl (C=O) groups is 2. The van der Waals surface area contributed by atoms with Crippen molar-refractivity contribution in [2.75, 3.05) is 10.6 Å². The minimum Gasteiger partial charge on any atom is -0.322 e. The quantitative estimate of drug-likeness (QED) is 0.373. The van der Waals surface area contributed by atoms with E-state index in [0.717, 1.165) is 16.7 Å². The number of carbonyl (C=O) groups excluding carboxylic acids is 2. The second kappa shape index (κ2) is 8.47. The number of anilines is 2. The zero-order valence-corrected chi connectivity index (χ0v) is 16.0. The van der Waals surface area contributed by atoms with Gasteiger partial charge in [-0.1, -0.05) is 35.4 Å². The molecule has 0 saturated heterocycles. The number of hydrogen-bond acceptors (Lipinski definition) is 3. The van der Waals surface area contributed by atoms with E-state index in [0.29, 0.717) is 11.4 Å². The molecule has 27 heavy (non-hydrogen) atoms. The van der Waals surface area contributed by atoms with Gasteiger partial charge in [-0.25, -0.2) is 0 Å². The number of aryl methyl sites for hydroxylation is 2. The molecule has 0 bridgehead atoms. The summed E-state index contributed by atoms with van der Waals surface area (Å²) in [5.74, 6) is -0.899. The minimum atomic E-state index is -0.449. The van der Waals surface area contributed by atoms with E-state index in [1.165, 1.54) is 11.3 Å². The zero-order chi connectivity index (χ0) is 19.2. The monoisotopic (exact) mass is 376 g/mol. The van der Waals surface area contributed by atoms with Crippen LogP contribution in [0, 0.1) is 13.8 Å². The fraction of sp³-hybridized carbons (Fsp3) is 0.0909. The third kappa shape index (κ3) is 5.15. The van der Waals surface area contributed by atoms with Gasteiger partial charge in [0.1, 0.15) is 5.57 Å². The van der Waals surface area contributed by atoms with Crippen molar-refractivity contribution in [1.29, 1.82) is 0 Å². The largest absolute Gasteiger partial charge is 0.322 e. The molecule has 4 nitrogen and oxygen atoms in total. The summed E-state index contributed by atoms with van der Waals surface area (Å²) in [6.07, 6.45) is 1.60. The van der Waals surface area contributed by atoms with Crippen molar-refractivity contribution in [3.05, 3.63) is 87.6 Å².